The highest BCUT2D eigenvalue weighted by Crippen LogP contribution is 2.12. The topological polar surface area (TPSA) is 54.3 Å². The maximum atomic E-state index is 12.6. The highest BCUT2D eigenvalue weighted by Gasteiger charge is 2.23. The van der Waals surface area contributed by atoms with Crippen LogP contribution in [0.3, 0.4) is 0 Å². The van der Waals surface area contributed by atoms with Gasteiger partial charge in [0.2, 0.25) is 0 Å². The average molecular weight is 341 g/mol. The van der Waals surface area contributed by atoms with Crippen molar-refractivity contribution in [2.75, 3.05) is 26.2 Å². The third kappa shape index (κ3) is 4.25. The van der Waals surface area contributed by atoms with E-state index in [0.29, 0.717) is 11.7 Å². The highest BCUT2D eigenvalue weighted by atomic mass is 16.2. The average Bonchev–Trinajstić information content (AvgIpc) is 2.94. The molecule has 3 rings (SSSR count). The fourth-order valence-electron chi connectivity index (χ4n) is 3.45. The van der Waals surface area contributed by atoms with E-state index in [0.717, 1.165) is 51.4 Å². The zero-order valence-electron chi connectivity index (χ0n) is 15.1. The Morgan fingerprint density at radius 1 is 1.16 bits per heavy atom. The van der Waals surface area contributed by atoms with Gasteiger partial charge in [-0.1, -0.05) is 13.0 Å². The number of hydrogen-bond acceptors (Lipinski definition) is 4. The van der Waals surface area contributed by atoms with Crippen LogP contribution in [0.15, 0.2) is 36.8 Å². The number of rotatable bonds is 5. The van der Waals surface area contributed by atoms with E-state index in [4.69, 9.17) is 0 Å². The molecule has 0 spiro atoms. The first-order valence-corrected chi connectivity index (χ1v) is 9.13. The molecule has 1 fully saturated rings. The zero-order chi connectivity index (χ0) is 17.6. The van der Waals surface area contributed by atoms with Gasteiger partial charge in [-0.3, -0.25) is 14.7 Å². The van der Waals surface area contributed by atoms with E-state index in [1.807, 2.05) is 23.2 Å². The van der Waals surface area contributed by atoms with Crippen molar-refractivity contribution in [1.82, 2.24) is 24.3 Å². The van der Waals surface area contributed by atoms with E-state index >= 15 is 0 Å². The molecule has 0 bridgehead atoms. The van der Waals surface area contributed by atoms with Gasteiger partial charge in [-0.05, 0) is 25.5 Å². The van der Waals surface area contributed by atoms with Crippen molar-refractivity contribution >= 4 is 5.91 Å². The summed E-state index contributed by atoms with van der Waals surface area (Å²) in [5, 5.41) is 0. The SMILES string of the molecule is CCc1nccn1CC(C)N1CCCN(C(=O)c2ccccn2)CC1. The van der Waals surface area contributed by atoms with Crippen molar-refractivity contribution in [2.24, 2.45) is 0 Å². The molecule has 2 aromatic heterocycles. The molecule has 25 heavy (non-hydrogen) atoms. The predicted octanol–water partition coefficient (Wildman–Crippen LogP) is 2.08. The van der Waals surface area contributed by atoms with Crippen LogP contribution in [0.2, 0.25) is 0 Å². The fraction of sp³-hybridized carbons (Fsp3) is 0.526. The number of hydrogen-bond donors (Lipinski definition) is 0. The smallest absolute Gasteiger partial charge is 0.272 e. The van der Waals surface area contributed by atoms with E-state index < -0.39 is 0 Å². The summed E-state index contributed by atoms with van der Waals surface area (Å²) in [5.74, 6) is 1.17. The Balaban J connectivity index is 1.58. The molecule has 1 saturated heterocycles. The Morgan fingerprint density at radius 3 is 2.80 bits per heavy atom. The first-order chi connectivity index (χ1) is 12.2. The first-order valence-electron chi connectivity index (χ1n) is 9.13. The summed E-state index contributed by atoms with van der Waals surface area (Å²) in [5.41, 5.74) is 0.537. The van der Waals surface area contributed by atoms with Crippen LogP contribution in [0.5, 0.6) is 0 Å². The minimum absolute atomic E-state index is 0.0398. The summed E-state index contributed by atoms with van der Waals surface area (Å²) in [7, 11) is 0. The van der Waals surface area contributed by atoms with Crippen LogP contribution in [0.4, 0.5) is 0 Å². The Hall–Kier alpha value is -2.21. The molecule has 1 aliphatic heterocycles. The number of pyridine rings is 1. The normalized spacial score (nSPS) is 17.3. The van der Waals surface area contributed by atoms with Gasteiger partial charge in [0.1, 0.15) is 11.5 Å². The van der Waals surface area contributed by atoms with Gasteiger partial charge in [-0.25, -0.2) is 4.98 Å². The van der Waals surface area contributed by atoms with E-state index in [1.165, 1.54) is 0 Å². The Labute approximate surface area is 149 Å². The molecule has 1 aliphatic rings. The maximum absolute atomic E-state index is 12.6. The Kier molecular flexibility index (Phi) is 5.81. The van der Waals surface area contributed by atoms with Gasteiger partial charge in [0.05, 0.1) is 0 Å². The Morgan fingerprint density at radius 2 is 2.04 bits per heavy atom. The van der Waals surface area contributed by atoms with Crippen molar-refractivity contribution in [3.05, 3.63) is 48.3 Å². The monoisotopic (exact) mass is 341 g/mol. The lowest BCUT2D eigenvalue weighted by molar-refractivity contribution is 0.0752. The quantitative estimate of drug-likeness (QED) is 0.835. The zero-order valence-corrected chi connectivity index (χ0v) is 15.1. The van der Waals surface area contributed by atoms with Gasteiger partial charge in [-0.15, -0.1) is 0 Å². The molecule has 0 aromatic carbocycles. The fourth-order valence-corrected chi connectivity index (χ4v) is 3.45. The predicted molar refractivity (Wildman–Crippen MR) is 97.4 cm³/mol. The molecular weight excluding hydrogens is 314 g/mol. The lowest BCUT2D eigenvalue weighted by Gasteiger charge is -2.28. The third-order valence-electron chi connectivity index (χ3n) is 4.90. The molecular formula is C19H27N5O. The van der Waals surface area contributed by atoms with Crippen LogP contribution in [0.25, 0.3) is 0 Å². The van der Waals surface area contributed by atoms with Crippen LogP contribution in [0.1, 0.15) is 36.6 Å². The van der Waals surface area contributed by atoms with E-state index in [-0.39, 0.29) is 5.91 Å². The van der Waals surface area contributed by atoms with Crippen LogP contribution >= 0.6 is 0 Å². The summed E-state index contributed by atoms with van der Waals surface area (Å²) in [6.45, 7) is 8.80. The molecule has 3 heterocycles. The maximum Gasteiger partial charge on any atom is 0.272 e. The summed E-state index contributed by atoms with van der Waals surface area (Å²) in [6, 6.07) is 5.91. The molecule has 0 aliphatic carbocycles. The summed E-state index contributed by atoms with van der Waals surface area (Å²) < 4.78 is 2.24. The van der Waals surface area contributed by atoms with Gasteiger partial charge < -0.3 is 9.47 Å². The molecule has 0 radical (unpaired) electrons. The number of imidazole rings is 1. The minimum Gasteiger partial charge on any atom is -0.336 e. The second-order valence-corrected chi connectivity index (χ2v) is 6.60. The van der Waals surface area contributed by atoms with Crippen molar-refractivity contribution < 1.29 is 4.79 Å². The molecule has 1 amide bonds. The molecule has 6 heteroatoms. The number of nitrogens with zero attached hydrogens (tertiary/aromatic N) is 5. The summed E-state index contributed by atoms with van der Waals surface area (Å²) in [4.78, 5) is 25.6. The van der Waals surface area contributed by atoms with Gasteiger partial charge >= 0.3 is 0 Å². The van der Waals surface area contributed by atoms with Gasteiger partial charge in [0.15, 0.2) is 0 Å². The lowest BCUT2D eigenvalue weighted by Crippen LogP contribution is -2.40. The van der Waals surface area contributed by atoms with Gasteiger partial charge in [0.25, 0.3) is 5.91 Å². The number of aryl methyl sites for hydroxylation is 1. The summed E-state index contributed by atoms with van der Waals surface area (Å²) in [6.07, 6.45) is 7.56. The van der Waals surface area contributed by atoms with Gasteiger partial charge in [-0.2, -0.15) is 0 Å². The van der Waals surface area contributed by atoms with Crippen molar-refractivity contribution in [2.45, 2.75) is 39.3 Å². The van der Waals surface area contributed by atoms with Crippen LogP contribution in [-0.2, 0) is 13.0 Å². The van der Waals surface area contributed by atoms with E-state index in [1.54, 1.807) is 12.3 Å². The molecule has 1 atom stereocenters. The number of carbonyl (C=O) groups is 1. The van der Waals surface area contributed by atoms with Gasteiger partial charge in [0, 0.05) is 63.8 Å². The number of amides is 1. The first kappa shape index (κ1) is 17.6. The van der Waals surface area contributed by atoms with Crippen LogP contribution < -0.4 is 0 Å². The molecule has 0 N–H and O–H groups in total. The van der Waals surface area contributed by atoms with Crippen molar-refractivity contribution in [3.8, 4) is 0 Å². The number of aromatic nitrogens is 3. The minimum atomic E-state index is 0.0398. The van der Waals surface area contributed by atoms with Crippen LogP contribution in [-0.4, -0.2) is 62.5 Å². The standard InChI is InChI=1S/C19H27N5O/c1-3-18-21-9-12-24(18)15-16(2)22-10-6-11-23(14-13-22)19(25)17-7-4-5-8-20-17/h4-5,7-9,12,16H,3,6,10-11,13-15H2,1-2H3. The molecule has 134 valence electrons. The Bertz CT molecular complexity index is 684. The largest absolute Gasteiger partial charge is 0.336 e. The molecule has 1 unspecified atom stereocenters. The summed E-state index contributed by atoms with van der Waals surface area (Å²) >= 11 is 0. The van der Waals surface area contributed by atoms with Crippen molar-refractivity contribution in [3.63, 3.8) is 0 Å². The molecule has 2 aromatic rings. The lowest BCUT2D eigenvalue weighted by atomic mass is 10.2. The highest BCUT2D eigenvalue weighted by molar-refractivity contribution is 5.92. The molecule has 6 nitrogen and oxygen atoms in total. The van der Waals surface area contributed by atoms with E-state index in [2.05, 4.69) is 39.5 Å². The van der Waals surface area contributed by atoms with E-state index in [9.17, 15) is 4.79 Å². The van der Waals surface area contributed by atoms with Crippen LogP contribution in [0, 0.1) is 0 Å². The number of carbonyl (C=O) groups excluding carboxylic acids is 1. The third-order valence-corrected chi connectivity index (χ3v) is 4.90. The molecule has 0 saturated carbocycles. The van der Waals surface area contributed by atoms with Crippen molar-refractivity contribution in [1.29, 1.82) is 0 Å². The second-order valence-electron chi connectivity index (χ2n) is 6.60. The second kappa shape index (κ2) is 8.25.